The lowest BCUT2D eigenvalue weighted by molar-refractivity contribution is -0.908. The second-order valence-electron chi connectivity index (χ2n) is 6.81. The molecule has 0 saturated carbocycles. The fraction of sp³-hybridized carbons (Fsp3) is 0.368. The van der Waals surface area contributed by atoms with Crippen molar-refractivity contribution in [1.29, 1.82) is 0 Å². The molecule has 130 valence electrons. The minimum atomic E-state index is -0.190. The number of aromatic nitrogens is 2. The van der Waals surface area contributed by atoms with Crippen LogP contribution in [0, 0.1) is 5.82 Å². The van der Waals surface area contributed by atoms with Gasteiger partial charge >= 0.3 is 0 Å². The maximum absolute atomic E-state index is 13.8. The first-order chi connectivity index (χ1) is 12.1. The molecule has 0 bridgehead atoms. The van der Waals surface area contributed by atoms with E-state index in [1.807, 2.05) is 13.1 Å². The van der Waals surface area contributed by atoms with Gasteiger partial charge in [-0.25, -0.2) is 9.37 Å². The van der Waals surface area contributed by atoms with Gasteiger partial charge in [-0.2, -0.15) is 0 Å². The highest BCUT2D eigenvalue weighted by atomic mass is 32.1. The lowest BCUT2D eigenvalue weighted by Gasteiger charge is -2.14. The SMILES string of the molecule is C[NH+](Cc1nc2sc3c(c2c(=O)[nH]1)CCCC3)Cc1ccccc1F. The maximum atomic E-state index is 13.8. The van der Waals surface area contributed by atoms with E-state index < -0.39 is 0 Å². The van der Waals surface area contributed by atoms with E-state index in [2.05, 4.69) is 4.98 Å². The lowest BCUT2D eigenvalue weighted by atomic mass is 9.97. The molecule has 1 aliphatic rings. The molecule has 0 fully saturated rings. The van der Waals surface area contributed by atoms with Crippen LogP contribution in [-0.4, -0.2) is 17.0 Å². The first-order valence-electron chi connectivity index (χ1n) is 8.70. The number of quaternary nitrogens is 1. The molecule has 4 nitrogen and oxygen atoms in total. The van der Waals surface area contributed by atoms with Gasteiger partial charge in [-0.15, -0.1) is 11.3 Å². The highest BCUT2D eigenvalue weighted by Crippen LogP contribution is 2.33. The van der Waals surface area contributed by atoms with Crippen molar-refractivity contribution < 1.29 is 9.29 Å². The molecule has 0 amide bonds. The van der Waals surface area contributed by atoms with Crippen LogP contribution >= 0.6 is 11.3 Å². The van der Waals surface area contributed by atoms with Crippen molar-refractivity contribution in [3.8, 4) is 0 Å². The van der Waals surface area contributed by atoms with Gasteiger partial charge in [0.15, 0.2) is 5.82 Å². The Hall–Kier alpha value is -2.05. The molecule has 2 aromatic heterocycles. The van der Waals surface area contributed by atoms with Crippen LogP contribution in [0.25, 0.3) is 10.2 Å². The number of nitrogens with one attached hydrogen (secondary N) is 2. The van der Waals surface area contributed by atoms with Gasteiger partial charge in [-0.1, -0.05) is 18.2 Å². The molecule has 6 heteroatoms. The van der Waals surface area contributed by atoms with E-state index in [0.29, 0.717) is 24.5 Å². The number of hydrogen-bond acceptors (Lipinski definition) is 3. The zero-order chi connectivity index (χ0) is 17.4. The summed E-state index contributed by atoms with van der Waals surface area (Å²) in [5.74, 6) is 0.481. The van der Waals surface area contributed by atoms with Gasteiger partial charge < -0.3 is 9.88 Å². The summed E-state index contributed by atoms with van der Waals surface area (Å²) in [5, 5.41) is 0.787. The predicted molar refractivity (Wildman–Crippen MR) is 97.6 cm³/mol. The quantitative estimate of drug-likeness (QED) is 0.751. The van der Waals surface area contributed by atoms with Gasteiger partial charge in [0.2, 0.25) is 0 Å². The van der Waals surface area contributed by atoms with Crippen molar-refractivity contribution in [2.45, 2.75) is 38.8 Å². The number of fused-ring (bicyclic) bond motifs is 3. The summed E-state index contributed by atoms with van der Waals surface area (Å²) in [6, 6.07) is 6.81. The second kappa shape index (κ2) is 6.69. The lowest BCUT2D eigenvalue weighted by Crippen LogP contribution is -3.06. The molecule has 2 N–H and O–H groups in total. The second-order valence-corrected chi connectivity index (χ2v) is 7.89. The minimum Gasteiger partial charge on any atom is -0.327 e. The van der Waals surface area contributed by atoms with Crippen molar-refractivity contribution in [2.24, 2.45) is 0 Å². The van der Waals surface area contributed by atoms with Crippen molar-refractivity contribution in [3.63, 3.8) is 0 Å². The van der Waals surface area contributed by atoms with Gasteiger partial charge in [-0.05, 0) is 37.3 Å². The number of aromatic amines is 1. The molecule has 1 atom stereocenters. The smallest absolute Gasteiger partial charge is 0.260 e. The molecular formula is C19H21FN3OS+. The van der Waals surface area contributed by atoms with Crippen LogP contribution in [0.1, 0.15) is 34.7 Å². The first-order valence-corrected chi connectivity index (χ1v) is 9.51. The molecule has 0 aliphatic heterocycles. The molecule has 0 radical (unpaired) electrons. The third-order valence-corrected chi connectivity index (χ3v) is 5.98. The number of hydrogen-bond donors (Lipinski definition) is 2. The number of aryl methyl sites for hydroxylation is 2. The highest BCUT2D eigenvalue weighted by Gasteiger charge is 2.20. The summed E-state index contributed by atoms with van der Waals surface area (Å²) >= 11 is 1.66. The van der Waals surface area contributed by atoms with Gasteiger partial charge in [-0.3, -0.25) is 4.79 Å². The van der Waals surface area contributed by atoms with Crippen molar-refractivity contribution in [1.82, 2.24) is 9.97 Å². The maximum Gasteiger partial charge on any atom is 0.260 e. The highest BCUT2D eigenvalue weighted by molar-refractivity contribution is 7.18. The van der Waals surface area contributed by atoms with Crippen LogP contribution in [0.5, 0.6) is 0 Å². The Labute approximate surface area is 149 Å². The zero-order valence-electron chi connectivity index (χ0n) is 14.2. The molecule has 1 aliphatic carbocycles. The molecule has 1 aromatic carbocycles. The molecular weight excluding hydrogens is 337 g/mol. The monoisotopic (exact) mass is 358 g/mol. The molecule has 2 heterocycles. The van der Waals surface area contributed by atoms with E-state index >= 15 is 0 Å². The molecule has 3 aromatic rings. The third-order valence-electron chi connectivity index (χ3n) is 4.79. The van der Waals surface area contributed by atoms with Crippen molar-refractivity contribution in [2.75, 3.05) is 7.05 Å². The Kier molecular flexibility index (Phi) is 4.39. The topological polar surface area (TPSA) is 50.2 Å². The largest absolute Gasteiger partial charge is 0.327 e. The van der Waals surface area contributed by atoms with Crippen molar-refractivity contribution in [3.05, 3.63) is 62.3 Å². The Morgan fingerprint density at radius 1 is 1.24 bits per heavy atom. The fourth-order valence-electron chi connectivity index (χ4n) is 3.61. The first kappa shape index (κ1) is 16.4. The average molecular weight is 358 g/mol. The summed E-state index contributed by atoms with van der Waals surface area (Å²) in [7, 11) is 1.98. The normalized spacial score (nSPS) is 15.3. The Morgan fingerprint density at radius 3 is 2.88 bits per heavy atom. The van der Waals surface area contributed by atoms with Gasteiger partial charge in [0, 0.05) is 10.4 Å². The van der Waals surface area contributed by atoms with E-state index in [0.717, 1.165) is 34.4 Å². The number of H-pyrrole nitrogens is 1. The van der Waals surface area contributed by atoms with Gasteiger partial charge in [0.1, 0.15) is 23.7 Å². The Bertz CT molecular complexity index is 978. The molecule has 0 spiro atoms. The number of benzene rings is 1. The summed E-state index contributed by atoms with van der Waals surface area (Å²) in [6.45, 7) is 1.11. The van der Waals surface area contributed by atoms with Crippen LogP contribution in [-0.2, 0) is 25.9 Å². The van der Waals surface area contributed by atoms with Crippen molar-refractivity contribution >= 4 is 21.6 Å². The number of rotatable bonds is 4. The van der Waals surface area contributed by atoms with Crippen LogP contribution < -0.4 is 10.5 Å². The zero-order valence-corrected chi connectivity index (χ0v) is 15.0. The third kappa shape index (κ3) is 3.24. The minimum absolute atomic E-state index is 0.0295. The average Bonchev–Trinajstić information content (AvgIpc) is 2.95. The van der Waals surface area contributed by atoms with E-state index in [9.17, 15) is 9.18 Å². The number of thiophene rings is 1. The number of halogens is 1. The van der Waals surface area contributed by atoms with Crippen LogP contribution in [0.15, 0.2) is 29.1 Å². The predicted octanol–water partition coefficient (Wildman–Crippen LogP) is 2.22. The summed E-state index contributed by atoms with van der Waals surface area (Å²) in [4.78, 5) is 23.5. The van der Waals surface area contributed by atoms with E-state index in [-0.39, 0.29) is 11.4 Å². The summed E-state index contributed by atoms with van der Waals surface area (Å²) in [6.07, 6.45) is 4.39. The van der Waals surface area contributed by atoms with Gasteiger partial charge in [0.05, 0.1) is 12.4 Å². The van der Waals surface area contributed by atoms with E-state index in [4.69, 9.17) is 4.98 Å². The molecule has 25 heavy (non-hydrogen) atoms. The van der Waals surface area contributed by atoms with Gasteiger partial charge in [0.25, 0.3) is 5.56 Å². The number of nitrogens with zero attached hydrogens (tertiary/aromatic N) is 1. The standard InChI is InChI=1S/C19H20FN3OS/c1-23(10-12-6-2-4-8-14(12)20)11-16-21-18(24)17-13-7-3-5-9-15(13)25-19(17)22-16/h2,4,6,8H,3,5,7,9-11H2,1H3,(H,21,22,24)/p+1. The molecule has 4 rings (SSSR count). The van der Waals surface area contributed by atoms with Crippen LogP contribution in [0.3, 0.4) is 0 Å². The van der Waals surface area contributed by atoms with E-state index in [1.165, 1.54) is 22.9 Å². The molecule has 1 unspecified atom stereocenters. The summed E-state index contributed by atoms with van der Waals surface area (Å²) in [5.41, 5.74) is 1.85. The van der Waals surface area contributed by atoms with Crippen LogP contribution in [0.2, 0.25) is 0 Å². The Balaban J connectivity index is 1.59. The van der Waals surface area contributed by atoms with E-state index in [1.54, 1.807) is 23.5 Å². The Morgan fingerprint density at radius 2 is 2.04 bits per heavy atom. The van der Waals surface area contributed by atoms with Crippen LogP contribution in [0.4, 0.5) is 4.39 Å². The summed E-state index contributed by atoms with van der Waals surface area (Å²) < 4.78 is 13.8. The molecule has 0 saturated heterocycles. The fourth-order valence-corrected chi connectivity index (χ4v) is 4.89.